The zero-order valence-electron chi connectivity index (χ0n) is 10.5. The topological polar surface area (TPSA) is 69.9 Å². The van der Waals surface area contributed by atoms with Crippen molar-refractivity contribution in [2.45, 2.75) is 20.5 Å². The van der Waals surface area contributed by atoms with Crippen LogP contribution >= 0.6 is 0 Å². The molecule has 0 aliphatic carbocycles. The minimum Gasteiger partial charge on any atom is -0.455 e. The Morgan fingerprint density at radius 2 is 2.17 bits per heavy atom. The number of aryl methyl sites for hydroxylation is 3. The highest BCUT2D eigenvalue weighted by Gasteiger charge is 2.10. The summed E-state index contributed by atoms with van der Waals surface area (Å²) in [6.07, 6.45) is 3.08. The van der Waals surface area contributed by atoms with E-state index in [-0.39, 0.29) is 6.61 Å². The quantitative estimate of drug-likeness (QED) is 0.761. The first-order chi connectivity index (χ1) is 8.54. The van der Waals surface area contributed by atoms with Crippen molar-refractivity contribution in [1.82, 2.24) is 19.7 Å². The van der Waals surface area contributed by atoms with E-state index in [9.17, 15) is 4.79 Å². The number of hydrogen-bond donors (Lipinski definition) is 0. The molecule has 2 rings (SSSR count). The average molecular weight is 246 g/mol. The van der Waals surface area contributed by atoms with Crippen LogP contribution in [0.2, 0.25) is 0 Å². The molecule has 0 radical (unpaired) electrons. The second kappa shape index (κ2) is 4.95. The van der Waals surface area contributed by atoms with E-state index in [4.69, 9.17) is 4.74 Å². The maximum absolute atomic E-state index is 11.7. The SMILES string of the molecule is Cc1cc(COC(=O)c2cnn(C)c2)nc(C)n1. The third-order valence-electron chi connectivity index (χ3n) is 2.31. The predicted molar refractivity (Wildman–Crippen MR) is 63.8 cm³/mol. The van der Waals surface area contributed by atoms with Crippen LogP contribution in [0.4, 0.5) is 0 Å². The third kappa shape index (κ3) is 2.91. The number of nitrogens with zero attached hydrogens (tertiary/aromatic N) is 4. The molecule has 0 bridgehead atoms. The Balaban J connectivity index is 2.01. The van der Waals surface area contributed by atoms with Gasteiger partial charge in [0.05, 0.1) is 17.5 Å². The molecule has 6 heteroatoms. The van der Waals surface area contributed by atoms with Crippen molar-refractivity contribution >= 4 is 5.97 Å². The number of carbonyl (C=O) groups excluding carboxylic acids is 1. The molecule has 0 fully saturated rings. The molecule has 0 spiro atoms. The maximum atomic E-state index is 11.7. The first-order valence-corrected chi connectivity index (χ1v) is 5.51. The number of carbonyl (C=O) groups is 1. The van der Waals surface area contributed by atoms with Gasteiger partial charge in [0.2, 0.25) is 0 Å². The number of esters is 1. The molecular weight excluding hydrogens is 232 g/mol. The molecule has 0 aliphatic heterocycles. The van der Waals surface area contributed by atoms with Crippen molar-refractivity contribution < 1.29 is 9.53 Å². The van der Waals surface area contributed by atoms with Gasteiger partial charge in [0, 0.05) is 18.9 Å². The predicted octanol–water partition coefficient (Wildman–Crippen LogP) is 1.18. The van der Waals surface area contributed by atoms with E-state index in [1.807, 2.05) is 6.92 Å². The van der Waals surface area contributed by atoms with Gasteiger partial charge in [-0.3, -0.25) is 4.68 Å². The minimum atomic E-state index is -0.406. The smallest absolute Gasteiger partial charge is 0.341 e. The molecule has 0 saturated carbocycles. The Hall–Kier alpha value is -2.24. The zero-order valence-corrected chi connectivity index (χ0v) is 10.5. The summed E-state index contributed by atoms with van der Waals surface area (Å²) in [6.45, 7) is 3.82. The van der Waals surface area contributed by atoms with E-state index >= 15 is 0 Å². The summed E-state index contributed by atoms with van der Waals surface area (Å²) in [5.41, 5.74) is 1.98. The molecule has 0 saturated heterocycles. The molecule has 0 aliphatic rings. The Bertz CT molecular complexity index is 557. The maximum Gasteiger partial charge on any atom is 0.341 e. The van der Waals surface area contributed by atoms with Crippen LogP contribution in [0.3, 0.4) is 0 Å². The molecule has 6 nitrogen and oxygen atoms in total. The van der Waals surface area contributed by atoms with Gasteiger partial charge in [0.1, 0.15) is 12.4 Å². The molecule has 2 heterocycles. The van der Waals surface area contributed by atoms with Gasteiger partial charge in [0.15, 0.2) is 0 Å². The first kappa shape index (κ1) is 12.2. The zero-order chi connectivity index (χ0) is 13.1. The van der Waals surface area contributed by atoms with Crippen molar-refractivity contribution in [2.75, 3.05) is 0 Å². The monoisotopic (exact) mass is 246 g/mol. The molecule has 0 amide bonds. The van der Waals surface area contributed by atoms with Crippen molar-refractivity contribution in [3.63, 3.8) is 0 Å². The van der Waals surface area contributed by atoms with E-state index < -0.39 is 5.97 Å². The minimum absolute atomic E-state index is 0.137. The van der Waals surface area contributed by atoms with Crippen molar-refractivity contribution in [1.29, 1.82) is 0 Å². The highest BCUT2D eigenvalue weighted by Crippen LogP contribution is 2.05. The Morgan fingerprint density at radius 1 is 1.39 bits per heavy atom. The van der Waals surface area contributed by atoms with Crippen LogP contribution in [0.15, 0.2) is 18.5 Å². The lowest BCUT2D eigenvalue weighted by molar-refractivity contribution is 0.0467. The summed E-state index contributed by atoms with van der Waals surface area (Å²) in [5.74, 6) is 0.263. The van der Waals surface area contributed by atoms with Crippen LogP contribution in [-0.4, -0.2) is 25.7 Å². The van der Waals surface area contributed by atoms with Crippen LogP contribution in [0, 0.1) is 13.8 Å². The van der Waals surface area contributed by atoms with Crippen LogP contribution < -0.4 is 0 Å². The van der Waals surface area contributed by atoms with Gasteiger partial charge in [0.25, 0.3) is 0 Å². The molecule has 0 N–H and O–H groups in total. The molecule has 18 heavy (non-hydrogen) atoms. The van der Waals surface area contributed by atoms with Gasteiger partial charge >= 0.3 is 5.97 Å². The Kier molecular flexibility index (Phi) is 3.36. The summed E-state index contributed by atoms with van der Waals surface area (Å²) < 4.78 is 6.71. The molecule has 2 aromatic rings. The van der Waals surface area contributed by atoms with Crippen molar-refractivity contribution in [2.24, 2.45) is 7.05 Å². The second-order valence-electron chi connectivity index (χ2n) is 4.03. The Labute approximate surface area is 105 Å². The largest absolute Gasteiger partial charge is 0.455 e. The molecule has 0 atom stereocenters. The second-order valence-corrected chi connectivity index (χ2v) is 4.03. The number of ether oxygens (including phenoxy) is 1. The molecule has 0 unspecified atom stereocenters. The summed E-state index contributed by atoms with van der Waals surface area (Å²) in [4.78, 5) is 20.0. The fraction of sp³-hybridized carbons (Fsp3) is 0.333. The number of aromatic nitrogens is 4. The average Bonchev–Trinajstić information content (AvgIpc) is 2.71. The highest BCUT2D eigenvalue weighted by atomic mass is 16.5. The van der Waals surface area contributed by atoms with E-state index in [0.29, 0.717) is 17.1 Å². The third-order valence-corrected chi connectivity index (χ3v) is 2.31. The lowest BCUT2D eigenvalue weighted by atomic mass is 10.3. The van der Waals surface area contributed by atoms with Gasteiger partial charge in [-0.15, -0.1) is 0 Å². The summed E-state index contributed by atoms with van der Waals surface area (Å²) in [6, 6.07) is 1.80. The van der Waals surface area contributed by atoms with Crippen molar-refractivity contribution in [3.05, 3.63) is 41.2 Å². The molecular formula is C12H14N4O2. The van der Waals surface area contributed by atoms with E-state index in [2.05, 4.69) is 15.1 Å². The summed E-state index contributed by atoms with van der Waals surface area (Å²) >= 11 is 0. The standard InChI is InChI=1S/C12H14N4O2/c1-8-4-11(15-9(2)14-8)7-18-12(17)10-5-13-16(3)6-10/h4-6H,7H2,1-3H3. The number of rotatable bonds is 3. The van der Waals surface area contributed by atoms with E-state index in [1.165, 1.54) is 6.20 Å². The van der Waals surface area contributed by atoms with Gasteiger partial charge in [-0.05, 0) is 19.9 Å². The van der Waals surface area contributed by atoms with Crippen LogP contribution in [0.1, 0.15) is 27.6 Å². The highest BCUT2D eigenvalue weighted by molar-refractivity contribution is 5.88. The fourth-order valence-corrected chi connectivity index (χ4v) is 1.62. The molecule has 0 aromatic carbocycles. The Morgan fingerprint density at radius 3 is 2.78 bits per heavy atom. The normalized spacial score (nSPS) is 10.4. The van der Waals surface area contributed by atoms with Gasteiger partial charge < -0.3 is 4.74 Å². The molecule has 2 aromatic heterocycles. The van der Waals surface area contributed by atoms with Crippen LogP contribution in [0.25, 0.3) is 0 Å². The molecule has 94 valence electrons. The lowest BCUT2D eigenvalue weighted by Gasteiger charge is -2.04. The fourth-order valence-electron chi connectivity index (χ4n) is 1.62. The van der Waals surface area contributed by atoms with Crippen molar-refractivity contribution in [3.8, 4) is 0 Å². The van der Waals surface area contributed by atoms with Gasteiger partial charge in [-0.25, -0.2) is 14.8 Å². The van der Waals surface area contributed by atoms with Gasteiger partial charge in [-0.2, -0.15) is 5.10 Å². The van der Waals surface area contributed by atoms with Crippen LogP contribution in [0.5, 0.6) is 0 Å². The van der Waals surface area contributed by atoms with Gasteiger partial charge in [-0.1, -0.05) is 0 Å². The van der Waals surface area contributed by atoms with E-state index in [1.54, 1.807) is 30.9 Å². The van der Waals surface area contributed by atoms with Crippen LogP contribution in [-0.2, 0) is 18.4 Å². The lowest BCUT2D eigenvalue weighted by Crippen LogP contribution is -2.06. The summed E-state index contributed by atoms with van der Waals surface area (Å²) in [5, 5.41) is 3.91. The number of hydrogen-bond acceptors (Lipinski definition) is 5. The first-order valence-electron chi connectivity index (χ1n) is 5.51. The summed E-state index contributed by atoms with van der Waals surface area (Å²) in [7, 11) is 1.74. The van der Waals surface area contributed by atoms with E-state index in [0.717, 1.165) is 5.69 Å².